The van der Waals surface area contributed by atoms with Gasteiger partial charge < -0.3 is 15.0 Å². The van der Waals surface area contributed by atoms with Gasteiger partial charge in [-0.1, -0.05) is 15.9 Å². The predicted molar refractivity (Wildman–Crippen MR) is 87.7 cm³/mol. The third-order valence-electron chi connectivity index (χ3n) is 4.03. The average Bonchev–Trinajstić information content (AvgIpc) is 2.52. The molecule has 116 valence electrons. The largest absolute Gasteiger partial charge is 0.496 e. The van der Waals surface area contributed by atoms with E-state index < -0.39 is 0 Å². The molecule has 1 heterocycles. The number of carbonyl (C=O) groups is 1. The zero-order valence-corrected chi connectivity index (χ0v) is 14.3. The van der Waals surface area contributed by atoms with Crippen molar-refractivity contribution in [2.75, 3.05) is 27.2 Å². The van der Waals surface area contributed by atoms with E-state index in [1.807, 2.05) is 30.1 Å². The van der Waals surface area contributed by atoms with Crippen LogP contribution in [-0.2, 0) is 11.2 Å². The molecule has 1 amide bonds. The maximum absolute atomic E-state index is 12.4. The van der Waals surface area contributed by atoms with Crippen molar-refractivity contribution < 1.29 is 9.53 Å². The molecule has 1 fully saturated rings. The van der Waals surface area contributed by atoms with Gasteiger partial charge in [-0.2, -0.15) is 0 Å². The zero-order valence-electron chi connectivity index (χ0n) is 12.7. The molecule has 1 aromatic rings. The van der Waals surface area contributed by atoms with Gasteiger partial charge in [0.2, 0.25) is 5.91 Å². The van der Waals surface area contributed by atoms with Crippen LogP contribution in [0.5, 0.6) is 5.75 Å². The molecule has 1 unspecified atom stereocenters. The number of nitrogens with one attached hydrogen (secondary N) is 1. The molecule has 1 aliphatic rings. The molecule has 1 saturated heterocycles. The monoisotopic (exact) mass is 354 g/mol. The third-order valence-corrected chi connectivity index (χ3v) is 4.53. The second-order valence-electron chi connectivity index (χ2n) is 5.42. The smallest absolute Gasteiger partial charge is 0.222 e. The number of ether oxygens (including phenoxy) is 1. The first-order valence-electron chi connectivity index (χ1n) is 7.41. The van der Waals surface area contributed by atoms with Crippen molar-refractivity contribution in [3.8, 4) is 5.75 Å². The van der Waals surface area contributed by atoms with Gasteiger partial charge in [0.1, 0.15) is 5.75 Å². The number of benzene rings is 1. The summed E-state index contributed by atoms with van der Waals surface area (Å²) in [4.78, 5) is 14.3. The number of hydrogen-bond donors (Lipinski definition) is 1. The number of hydrogen-bond acceptors (Lipinski definition) is 3. The van der Waals surface area contributed by atoms with E-state index in [9.17, 15) is 4.79 Å². The molecule has 4 nitrogen and oxygen atoms in total. The number of aryl methyl sites for hydroxylation is 1. The van der Waals surface area contributed by atoms with Crippen LogP contribution < -0.4 is 10.1 Å². The Morgan fingerprint density at radius 3 is 3.05 bits per heavy atom. The van der Waals surface area contributed by atoms with Crippen LogP contribution in [0.1, 0.15) is 24.8 Å². The van der Waals surface area contributed by atoms with Gasteiger partial charge in [-0.25, -0.2) is 0 Å². The van der Waals surface area contributed by atoms with Crippen molar-refractivity contribution in [1.29, 1.82) is 0 Å². The van der Waals surface area contributed by atoms with Gasteiger partial charge in [-0.15, -0.1) is 0 Å². The molecule has 0 spiro atoms. The van der Waals surface area contributed by atoms with Crippen LogP contribution in [0.15, 0.2) is 22.7 Å². The van der Waals surface area contributed by atoms with Crippen LogP contribution in [0.25, 0.3) is 0 Å². The van der Waals surface area contributed by atoms with Crippen molar-refractivity contribution in [3.05, 3.63) is 28.2 Å². The normalized spacial score (nSPS) is 18.6. The Balaban J connectivity index is 1.93. The van der Waals surface area contributed by atoms with E-state index in [2.05, 4.69) is 21.2 Å². The Kier molecular flexibility index (Phi) is 6.06. The third kappa shape index (κ3) is 4.45. The van der Waals surface area contributed by atoms with Gasteiger partial charge in [-0.3, -0.25) is 4.79 Å². The molecule has 0 saturated carbocycles. The van der Waals surface area contributed by atoms with Gasteiger partial charge in [-0.05, 0) is 50.1 Å². The van der Waals surface area contributed by atoms with Crippen molar-refractivity contribution in [3.63, 3.8) is 0 Å². The molecular weight excluding hydrogens is 332 g/mol. The first-order chi connectivity index (χ1) is 10.1. The number of halogens is 1. The summed E-state index contributed by atoms with van der Waals surface area (Å²) < 4.78 is 6.37. The Morgan fingerprint density at radius 2 is 2.33 bits per heavy atom. The standard InChI is InChI=1S/C16H23BrN2O2/c1-18-14-4-3-9-19(11-14)16(20)8-5-12-10-13(17)6-7-15(12)21-2/h6-7,10,14,18H,3-5,8-9,11H2,1-2H3. The Morgan fingerprint density at radius 1 is 1.52 bits per heavy atom. The molecule has 0 radical (unpaired) electrons. The van der Waals surface area contributed by atoms with Gasteiger partial charge in [0, 0.05) is 30.0 Å². The Hall–Kier alpha value is -1.07. The summed E-state index contributed by atoms with van der Waals surface area (Å²) in [5, 5.41) is 3.27. The fourth-order valence-electron chi connectivity index (χ4n) is 2.78. The molecule has 1 N–H and O–H groups in total. The average molecular weight is 355 g/mol. The highest BCUT2D eigenvalue weighted by atomic mass is 79.9. The molecule has 0 aromatic heterocycles. The highest BCUT2D eigenvalue weighted by Crippen LogP contribution is 2.24. The highest BCUT2D eigenvalue weighted by Gasteiger charge is 2.22. The predicted octanol–water partition coefficient (Wildman–Crippen LogP) is 2.60. The number of amides is 1. The minimum Gasteiger partial charge on any atom is -0.496 e. The van der Waals surface area contributed by atoms with Crippen LogP contribution in [0.2, 0.25) is 0 Å². The molecule has 0 aliphatic carbocycles. The summed E-state index contributed by atoms with van der Waals surface area (Å²) >= 11 is 3.47. The number of carbonyl (C=O) groups excluding carboxylic acids is 1. The maximum atomic E-state index is 12.4. The number of rotatable bonds is 5. The highest BCUT2D eigenvalue weighted by molar-refractivity contribution is 9.10. The van der Waals surface area contributed by atoms with Crippen LogP contribution in [0.3, 0.4) is 0 Å². The quantitative estimate of drug-likeness (QED) is 0.883. The molecule has 5 heteroatoms. The van der Waals surface area contributed by atoms with E-state index in [0.29, 0.717) is 18.9 Å². The molecule has 1 aliphatic heterocycles. The molecule has 2 rings (SSSR count). The molecular formula is C16H23BrN2O2. The lowest BCUT2D eigenvalue weighted by Crippen LogP contribution is -2.47. The lowest BCUT2D eigenvalue weighted by atomic mass is 10.0. The van der Waals surface area contributed by atoms with Crippen molar-refractivity contribution in [2.24, 2.45) is 0 Å². The van der Waals surface area contributed by atoms with E-state index in [1.165, 1.54) is 0 Å². The minimum atomic E-state index is 0.233. The SMILES string of the molecule is CNC1CCCN(C(=O)CCc2cc(Br)ccc2OC)C1. The van der Waals surface area contributed by atoms with E-state index in [-0.39, 0.29) is 5.91 Å². The lowest BCUT2D eigenvalue weighted by molar-refractivity contribution is -0.132. The first-order valence-corrected chi connectivity index (χ1v) is 8.20. The van der Waals surface area contributed by atoms with Crippen molar-refractivity contribution in [2.45, 2.75) is 31.7 Å². The second kappa shape index (κ2) is 7.80. The number of methoxy groups -OCH3 is 1. The molecule has 1 atom stereocenters. The molecule has 21 heavy (non-hydrogen) atoms. The molecule has 1 aromatic carbocycles. The van der Waals surface area contributed by atoms with Crippen molar-refractivity contribution in [1.82, 2.24) is 10.2 Å². The Labute approximate surface area is 135 Å². The number of piperidine rings is 1. The Bertz CT molecular complexity index is 493. The summed E-state index contributed by atoms with van der Waals surface area (Å²) in [5.74, 6) is 1.08. The first kappa shape index (κ1) is 16.3. The maximum Gasteiger partial charge on any atom is 0.222 e. The summed E-state index contributed by atoms with van der Waals surface area (Å²) in [7, 11) is 3.63. The summed E-state index contributed by atoms with van der Waals surface area (Å²) in [6.07, 6.45) is 3.47. The van der Waals surface area contributed by atoms with Gasteiger partial charge in [0.05, 0.1) is 7.11 Å². The second-order valence-corrected chi connectivity index (χ2v) is 6.34. The summed E-state index contributed by atoms with van der Waals surface area (Å²) in [5.41, 5.74) is 1.07. The number of likely N-dealkylation sites (tertiary alicyclic amines) is 1. The fourth-order valence-corrected chi connectivity index (χ4v) is 3.19. The van der Waals surface area contributed by atoms with Crippen molar-refractivity contribution >= 4 is 21.8 Å². The topological polar surface area (TPSA) is 41.6 Å². The van der Waals surface area contributed by atoms with Crippen LogP contribution in [0.4, 0.5) is 0 Å². The van der Waals surface area contributed by atoms with E-state index in [0.717, 1.165) is 41.7 Å². The summed E-state index contributed by atoms with van der Waals surface area (Å²) in [6.45, 7) is 1.71. The van der Waals surface area contributed by atoms with Gasteiger partial charge in [0.15, 0.2) is 0 Å². The molecule has 0 bridgehead atoms. The van der Waals surface area contributed by atoms with E-state index in [4.69, 9.17) is 4.74 Å². The van der Waals surface area contributed by atoms with Crippen LogP contribution in [0, 0.1) is 0 Å². The fraction of sp³-hybridized carbons (Fsp3) is 0.562. The minimum absolute atomic E-state index is 0.233. The van der Waals surface area contributed by atoms with E-state index >= 15 is 0 Å². The van der Waals surface area contributed by atoms with Crippen LogP contribution in [-0.4, -0.2) is 44.1 Å². The van der Waals surface area contributed by atoms with E-state index in [1.54, 1.807) is 7.11 Å². The summed E-state index contributed by atoms with van der Waals surface area (Å²) in [6, 6.07) is 6.34. The lowest BCUT2D eigenvalue weighted by Gasteiger charge is -2.32. The number of nitrogens with zero attached hydrogens (tertiary/aromatic N) is 1. The zero-order chi connectivity index (χ0) is 15.2. The van der Waals surface area contributed by atoms with Gasteiger partial charge >= 0.3 is 0 Å². The van der Waals surface area contributed by atoms with Gasteiger partial charge in [0.25, 0.3) is 0 Å². The van der Waals surface area contributed by atoms with Crippen LogP contribution >= 0.6 is 15.9 Å². The number of likely N-dealkylation sites (N-methyl/N-ethyl adjacent to an activating group) is 1.